The summed E-state index contributed by atoms with van der Waals surface area (Å²) < 4.78 is 11.1. The van der Waals surface area contributed by atoms with Crippen LogP contribution in [0.2, 0.25) is 0 Å². The highest BCUT2D eigenvalue weighted by molar-refractivity contribution is 14.0. The maximum absolute atomic E-state index is 12.7. The number of carbonyl (C=O) groups is 1. The minimum absolute atomic E-state index is 0. The molecule has 31 heavy (non-hydrogen) atoms. The van der Waals surface area contributed by atoms with Gasteiger partial charge in [-0.15, -0.1) is 24.0 Å². The van der Waals surface area contributed by atoms with Crippen LogP contribution < -0.4 is 10.1 Å². The topological polar surface area (TPSA) is 66.4 Å². The second-order valence-electron chi connectivity index (χ2n) is 7.92. The Balaban J connectivity index is 0.00000341. The Kier molecular flexibility index (Phi) is 11.4. The predicted octanol–water partition coefficient (Wildman–Crippen LogP) is 2.78. The predicted molar refractivity (Wildman–Crippen MR) is 134 cm³/mol. The maximum Gasteiger partial charge on any atom is 0.225 e. The minimum Gasteiger partial charge on any atom is -0.494 e. The van der Waals surface area contributed by atoms with E-state index in [4.69, 9.17) is 9.47 Å². The zero-order valence-electron chi connectivity index (χ0n) is 18.8. The van der Waals surface area contributed by atoms with Crippen molar-refractivity contribution >= 4 is 35.8 Å². The number of nitrogens with one attached hydrogen (secondary N) is 1. The smallest absolute Gasteiger partial charge is 0.225 e. The van der Waals surface area contributed by atoms with Gasteiger partial charge in [0.05, 0.1) is 19.8 Å². The van der Waals surface area contributed by atoms with Crippen molar-refractivity contribution < 1.29 is 14.3 Å². The molecule has 0 radical (unpaired) electrons. The first-order valence-electron chi connectivity index (χ1n) is 11.2. The van der Waals surface area contributed by atoms with E-state index in [1.54, 1.807) is 0 Å². The van der Waals surface area contributed by atoms with Crippen LogP contribution in [-0.2, 0) is 16.0 Å². The van der Waals surface area contributed by atoms with Gasteiger partial charge in [-0.2, -0.15) is 0 Å². The molecule has 1 aromatic carbocycles. The van der Waals surface area contributed by atoms with Gasteiger partial charge in [-0.3, -0.25) is 9.79 Å². The number of aliphatic imine (C=N–C) groups is 1. The number of benzene rings is 1. The summed E-state index contributed by atoms with van der Waals surface area (Å²) in [6.45, 7) is 8.18. The largest absolute Gasteiger partial charge is 0.494 e. The van der Waals surface area contributed by atoms with E-state index in [2.05, 4.69) is 34.3 Å². The first kappa shape index (κ1) is 25.7. The second-order valence-corrected chi connectivity index (χ2v) is 7.92. The number of nitrogens with zero attached hydrogens (tertiary/aromatic N) is 3. The standard InChI is InChI=1S/C23H36N4O3.HI/c1-3-15-30-21-6-4-5-19(18-21)7-10-25-23(24-2)27-11-8-20(9-12-27)22(28)26-13-16-29-17-14-26;/h4-6,18,20H,3,7-17H2,1-2H3,(H,24,25);1H. The summed E-state index contributed by atoms with van der Waals surface area (Å²) in [6.07, 6.45) is 3.69. The quantitative estimate of drug-likeness (QED) is 0.325. The van der Waals surface area contributed by atoms with Crippen molar-refractivity contribution in [1.29, 1.82) is 0 Å². The van der Waals surface area contributed by atoms with Crippen molar-refractivity contribution in [3.8, 4) is 5.75 Å². The molecule has 0 unspecified atom stereocenters. The van der Waals surface area contributed by atoms with E-state index in [1.165, 1.54) is 5.56 Å². The third-order valence-corrected chi connectivity index (χ3v) is 5.75. The first-order valence-corrected chi connectivity index (χ1v) is 11.2. The lowest BCUT2D eigenvalue weighted by Gasteiger charge is -2.36. The molecule has 2 aliphatic heterocycles. The van der Waals surface area contributed by atoms with Gasteiger partial charge in [-0.05, 0) is 43.4 Å². The maximum atomic E-state index is 12.7. The van der Waals surface area contributed by atoms with Crippen LogP contribution in [0.3, 0.4) is 0 Å². The lowest BCUT2D eigenvalue weighted by molar-refractivity contribution is -0.140. The van der Waals surface area contributed by atoms with E-state index in [0.29, 0.717) is 19.1 Å². The summed E-state index contributed by atoms with van der Waals surface area (Å²) in [5.41, 5.74) is 1.25. The zero-order valence-corrected chi connectivity index (χ0v) is 21.2. The average Bonchev–Trinajstić information content (AvgIpc) is 2.81. The summed E-state index contributed by atoms with van der Waals surface area (Å²) in [7, 11) is 1.83. The molecule has 0 aliphatic carbocycles. The van der Waals surface area contributed by atoms with Crippen LogP contribution in [0.25, 0.3) is 0 Å². The van der Waals surface area contributed by atoms with Gasteiger partial charge in [0.1, 0.15) is 5.75 Å². The van der Waals surface area contributed by atoms with Crippen LogP contribution >= 0.6 is 24.0 Å². The fourth-order valence-corrected chi connectivity index (χ4v) is 4.04. The number of rotatable bonds is 7. The Morgan fingerprint density at radius 1 is 1.19 bits per heavy atom. The molecule has 0 spiro atoms. The Morgan fingerprint density at radius 2 is 1.94 bits per heavy atom. The van der Waals surface area contributed by atoms with Crippen LogP contribution in [-0.4, -0.2) is 81.3 Å². The van der Waals surface area contributed by atoms with Crippen molar-refractivity contribution in [2.75, 3.05) is 59.6 Å². The number of halogens is 1. The molecule has 2 saturated heterocycles. The van der Waals surface area contributed by atoms with Gasteiger partial charge in [0.25, 0.3) is 0 Å². The SMILES string of the molecule is CCCOc1cccc(CCNC(=NC)N2CCC(C(=O)N3CCOCC3)CC2)c1.I. The summed E-state index contributed by atoms with van der Waals surface area (Å²) in [4.78, 5) is 21.4. The molecule has 8 heteroatoms. The van der Waals surface area contributed by atoms with E-state index in [0.717, 1.165) is 76.7 Å². The van der Waals surface area contributed by atoms with Gasteiger partial charge in [0.2, 0.25) is 5.91 Å². The number of hydrogen-bond acceptors (Lipinski definition) is 4. The van der Waals surface area contributed by atoms with Crippen molar-refractivity contribution in [2.45, 2.75) is 32.6 Å². The van der Waals surface area contributed by atoms with Gasteiger partial charge >= 0.3 is 0 Å². The fourth-order valence-electron chi connectivity index (χ4n) is 4.04. The highest BCUT2D eigenvalue weighted by atomic mass is 127. The first-order chi connectivity index (χ1) is 14.7. The van der Waals surface area contributed by atoms with Crippen LogP contribution in [0, 0.1) is 5.92 Å². The van der Waals surface area contributed by atoms with Crippen molar-refractivity contribution in [2.24, 2.45) is 10.9 Å². The molecule has 174 valence electrons. The van der Waals surface area contributed by atoms with E-state index in [9.17, 15) is 4.79 Å². The van der Waals surface area contributed by atoms with E-state index in [-0.39, 0.29) is 29.9 Å². The van der Waals surface area contributed by atoms with E-state index < -0.39 is 0 Å². The molecule has 2 fully saturated rings. The van der Waals surface area contributed by atoms with Gasteiger partial charge < -0.3 is 24.6 Å². The monoisotopic (exact) mass is 544 g/mol. The molecule has 0 aromatic heterocycles. The molecule has 1 amide bonds. The Hall–Kier alpha value is -1.55. The molecule has 7 nitrogen and oxygen atoms in total. The van der Waals surface area contributed by atoms with Crippen LogP contribution in [0.15, 0.2) is 29.3 Å². The number of amides is 1. The fraction of sp³-hybridized carbons (Fsp3) is 0.652. The number of guanidine groups is 1. The number of morpholine rings is 1. The normalized spacial score (nSPS) is 17.8. The molecule has 3 rings (SSSR count). The number of carbonyl (C=O) groups excluding carboxylic acids is 1. The van der Waals surface area contributed by atoms with E-state index in [1.807, 2.05) is 24.1 Å². The highest BCUT2D eigenvalue weighted by Crippen LogP contribution is 2.20. The van der Waals surface area contributed by atoms with Gasteiger partial charge in [-0.1, -0.05) is 19.1 Å². The molecule has 2 aliphatic rings. The Bertz CT molecular complexity index is 702. The van der Waals surface area contributed by atoms with Crippen molar-refractivity contribution in [1.82, 2.24) is 15.1 Å². The minimum atomic E-state index is 0. The second kappa shape index (κ2) is 13.8. The van der Waals surface area contributed by atoms with E-state index >= 15 is 0 Å². The average molecular weight is 544 g/mol. The number of ether oxygens (including phenoxy) is 2. The van der Waals surface area contributed by atoms with Crippen LogP contribution in [0.1, 0.15) is 31.7 Å². The van der Waals surface area contributed by atoms with Gasteiger partial charge in [0, 0.05) is 45.7 Å². The van der Waals surface area contributed by atoms with Crippen molar-refractivity contribution in [3.05, 3.63) is 29.8 Å². The molecule has 0 atom stereocenters. The third-order valence-electron chi connectivity index (χ3n) is 5.75. The van der Waals surface area contributed by atoms with Crippen LogP contribution in [0.4, 0.5) is 0 Å². The van der Waals surface area contributed by atoms with Gasteiger partial charge in [0.15, 0.2) is 5.96 Å². The van der Waals surface area contributed by atoms with Crippen molar-refractivity contribution in [3.63, 3.8) is 0 Å². The lowest BCUT2D eigenvalue weighted by atomic mass is 9.95. The summed E-state index contributed by atoms with van der Waals surface area (Å²) in [5.74, 6) is 2.28. The molecular weight excluding hydrogens is 507 g/mol. The molecule has 0 bridgehead atoms. The Labute approximate surface area is 203 Å². The molecule has 1 N–H and O–H groups in total. The number of likely N-dealkylation sites (tertiary alicyclic amines) is 1. The third kappa shape index (κ3) is 7.82. The summed E-state index contributed by atoms with van der Waals surface area (Å²) >= 11 is 0. The molecule has 1 aromatic rings. The van der Waals surface area contributed by atoms with Gasteiger partial charge in [-0.25, -0.2) is 0 Å². The summed E-state index contributed by atoms with van der Waals surface area (Å²) in [5, 5.41) is 3.48. The number of piperidine rings is 1. The van der Waals surface area contributed by atoms with Crippen LogP contribution in [0.5, 0.6) is 5.75 Å². The number of hydrogen-bond donors (Lipinski definition) is 1. The molecule has 2 heterocycles. The lowest BCUT2D eigenvalue weighted by Crippen LogP contribution is -2.50. The molecular formula is C23H37IN4O3. The highest BCUT2D eigenvalue weighted by Gasteiger charge is 2.30. The summed E-state index contributed by atoms with van der Waals surface area (Å²) in [6, 6.07) is 8.30. The Morgan fingerprint density at radius 3 is 2.61 bits per heavy atom. The molecule has 0 saturated carbocycles. The zero-order chi connectivity index (χ0) is 21.2.